The van der Waals surface area contributed by atoms with E-state index in [1.165, 1.54) is 11.0 Å². The molecule has 0 aliphatic carbocycles. The van der Waals surface area contributed by atoms with Crippen LogP contribution in [0, 0.1) is 5.92 Å². The Morgan fingerprint density at radius 2 is 2.21 bits per heavy atom. The second kappa shape index (κ2) is 5.69. The number of carbonyl (C=O) groups is 2. The van der Waals surface area contributed by atoms with Crippen molar-refractivity contribution in [3.8, 4) is 0 Å². The second-order valence-corrected chi connectivity index (χ2v) is 4.65. The largest absolute Gasteiger partial charge is 0.447 e. The minimum atomic E-state index is -0.556. The van der Waals surface area contributed by atoms with Crippen LogP contribution in [0.1, 0.15) is 12.5 Å². The van der Waals surface area contributed by atoms with E-state index in [1.807, 2.05) is 30.3 Å². The van der Waals surface area contributed by atoms with E-state index in [-0.39, 0.29) is 24.5 Å². The molecule has 1 aliphatic rings. The number of carbonyl (C=O) groups excluding carboxylic acids is 2. The predicted octanol–water partition coefficient (Wildman–Crippen LogP) is 2.40. The van der Waals surface area contributed by atoms with Crippen molar-refractivity contribution in [3.63, 3.8) is 0 Å². The van der Waals surface area contributed by atoms with Gasteiger partial charge < -0.3 is 4.74 Å². The normalized spacial score (nSPS) is 19.9. The van der Waals surface area contributed by atoms with Crippen molar-refractivity contribution in [2.75, 3.05) is 6.61 Å². The molecule has 1 unspecified atom stereocenters. The van der Waals surface area contributed by atoms with E-state index in [4.69, 9.17) is 4.74 Å². The summed E-state index contributed by atoms with van der Waals surface area (Å²) in [7, 11) is 0. The van der Waals surface area contributed by atoms with Crippen molar-refractivity contribution >= 4 is 12.0 Å². The summed E-state index contributed by atoms with van der Waals surface area (Å²) in [5.41, 5.74) is 1.08. The molecule has 1 aromatic rings. The Morgan fingerprint density at radius 3 is 2.84 bits per heavy atom. The first kappa shape index (κ1) is 13.3. The highest BCUT2D eigenvalue weighted by molar-refractivity contribution is 5.95. The van der Waals surface area contributed by atoms with Crippen molar-refractivity contribution < 1.29 is 14.3 Å². The molecule has 1 saturated heterocycles. The van der Waals surface area contributed by atoms with Crippen molar-refractivity contribution in [1.82, 2.24) is 4.90 Å². The molecule has 4 nitrogen and oxygen atoms in total. The van der Waals surface area contributed by atoms with Crippen molar-refractivity contribution in [2.45, 2.75) is 19.4 Å². The number of benzene rings is 1. The van der Waals surface area contributed by atoms with Crippen LogP contribution in [0.5, 0.6) is 0 Å². The molecule has 0 N–H and O–H groups in total. The van der Waals surface area contributed by atoms with Crippen LogP contribution in [0.3, 0.4) is 0 Å². The molecule has 0 saturated carbocycles. The van der Waals surface area contributed by atoms with Crippen LogP contribution in [0.25, 0.3) is 0 Å². The number of hydrogen-bond acceptors (Lipinski definition) is 3. The van der Waals surface area contributed by atoms with Crippen molar-refractivity contribution in [1.29, 1.82) is 0 Å². The van der Waals surface area contributed by atoms with Crippen molar-refractivity contribution in [3.05, 3.63) is 48.6 Å². The molecule has 0 spiro atoms. The second-order valence-electron chi connectivity index (χ2n) is 4.65. The Morgan fingerprint density at radius 1 is 1.53 bits per heavy atom. The molecule has 0 radical (unpaired) electrons. The zero-order valence-corrected chi connectivity index (χ0v) is 10.9. The van der Waals surface area contributed by atoms with E-state index in [0.29, 0.717) is 6.42 Å². The summed E-state index contributed by atoms with van der Waals surface area (Å²) in [5, 5.41) is 0. The Kier molecular flexibility index (Phi) is 4.00. The fourth-order valence-corrected chi connectivity index (χ4v) is 2.09. The molecule has 100 valence electrons. The third kappa shape index (κ3) is 2.84. The van der Waals surface area contributed by atoms with E-state index < -0.39 is 6.09 Å². The Bertz CT molecular complexity index is 483. The van der Waals surface area contributed by atoms with Crippen LogP contribution in [0.4, 0.5) is 4.79 Å². The van der Waals surface area contributed by atoms with Crippen LogP contribution in [-0.4, -0.2) is 29.5 Å². The molecule has 1 aromatic carbocycles. The SMILES string of the molecule is C=CC(C)C(=O)N1C(=O)OC[C@H]1Cc1ccccc1. The minimum absolute atomic E-state index is 0.232. The molecular formula is C15H17NO3. The van der Waals surface area contributed by atoms with Gasteiger partial charge in [-0.25, -0.2) is 9.69 Å². The molecule has 1 heterocycles. The number of ether oxygens (including phenoxy) is 1. The smallest absolute Gasteiger partial charge is 0.417 e. The van der Waals surface area contributed by atoms with Crippen molar-refractivity contribution in [2.24, 2.45) is 5.92 Å². The molecule has 4 heteroatoms. The Hall–Kier alpha value is -2.10. The topological polar surface area (TPSA) is 46.6 Å². The van der Waals surface area contributed by atoms with Gasteiger partial charge in [0.2, 0.25) is 5.91 Å². The number of imide groups is 1. The van der Waals surface area contributed by atoms with Gasteiger partial charge in [0.15, 0.2) is 0 Å². The van der Waals surface area contributed by atoms with Crippen LogP contribution >= 0.6 is 0 Å². The summed E-state index contributed by atoms with van der Waals surface area (Å²) in [4.78, 5) is 25.0. The lowest BCUT2D eigenvalue weighted by Gasteiger charge is -2.21. The summed E-state index contributed by atoms with van der Waals surface area (Å²) in [6.45, 7) is 5.56. The fraction of sp³-hybridized carbons (Fsp3) is 0.333. The van der Waals surface area contributed by atoms with Gasteiger partial charge in [-0.3, -0.25) is 4.79 Å². The average Bonchev–Trinajstić information content (AvgIpc) is 2.79. The Balaban J connectivity index is 2.13. The van der Waals surface area contributed by atoms with Crippen LogP contribution in [0.2, 0.25) is 0 Å². The lowest BCUT2D eigenvalue weighted by molar-refractivity contribution is -0.131. The molecule has 2 atom stereocenters. The summed E-state index contributed by atoms with van der Waals surface area (Å²) in [6, 6.07) is 9.52. The third-order valence-corrected chi connectivity index (χ3v) is 3.26. The fourth-order valence-electron chi connectivity index (χ4n) is 2.09. The van der Waals surface area contributed by atoms with Crippen LogP contribution in [0.15, 0.2) is 43.0 Å². The van der Waals surface area contributed by atoms with Gasteiger partial charge in [0.1, 0.15) is 6.61 Å². The summed E-state index contributed by atoms with van der Waals surface area (Å²) < 4.78 is 5.00. The maximum atomic E-state index is 12.1. The van der Waals surface area contributed by atoms with Gasteiger partial charge in [-0.15, -0.1) is 6.58 Å². The van der Waals surface area contributed by atoms with E-state index in [0.717, 1.165) is 5.56 Å². The standard InChI is InChI=1S/C15H17NO3/c1-3-11(2)14(17)16-13(10-19-15(16)18)9-12-7-5-4-6-8-12/h3-8,11,13H,1,9-10H2,2H3/t11?,13-/m1/s1. The molecular weight excluding hydrogens is 242 g/mol. The van der Waals surface area contributed by atoms with E-state index >= 15 is 0 Å². The maximum absolute atomic E-state index is 12.1. The lowest BCUT2D eigenvalue weighted by atomic mass is 10.0. The highest BCUT2D eigenvalue weighted by Crippen LogP contribution is 2.20. The number of rotatable bonds is 4. The molecule has 2 rings (SSSR count). The van der Waals surface area contributed by atoms with Gasteiger partial charge in [0, 0.05) is 0 Å². The highest BCUT2D eigenvalue weighted by Gasteiger charge is 2.38. The maximum Gasteiger partial charge on any atom is 0.417 e. The zero-order chi connectivity index (χ0) is 13.8. The zero-order valence-electron chi connectivity index (χ0n) is 10.9. The van der Waals surface area contributed by atoms with Crippen LogP contribution in [-0.2, 0) is 16.0 Å². The molecule has 2 amide bonds. The van der Waals surface area contributed by atoms with Crippen LogP contribution < -0.4 is 0 Å². The quantitative estimate of drug-likeness (QED) is 0.780. The first-order chi connectivity index (χ1) is 9.13. The van der Waals surface area contributed by atoms with E-state index in [1.54, 1.807) is 6.92 Å². The van der Waals surface area contributed by atoms with Gasteiger partial charge in [-0.1, -0.05) is 43.3 Å². The highest BCUT2D eigenvalue weighted by atomic mass is 16.6. The van der Waals surface area contributed by atoms with E-state index in [9.17, 15) is 9.59 Å². The monoisotopic (exact) mass is 259 g/mol. The molecule has 1 fully saturated rings. The predicted molar refractivity (Wildman–Crippen MR) is 71.5 cm³/mol. The van der Waals surface area contributed by atoms with E-state index in [2.05, 4.69) is 6.58 Å². The lowest BCUT2D eigenvalue weighted by Crippen LogP contribution is -2.42. The summed E-state index contributed by atoms with van der Waals surface area (Å²) in [6.07, 6.45) is 1.59. The van der Waals surface area contributed by atoms with Gasteiger partial charge in [-0.2, -0.15) is 0 Å². The number of nitrogens with zero attached hydrogens (tertiary/aromatic N) is 1. The van der Waals surface area contributed by atoms with Gasteiger partial charge in [0.05, 0.1) is 12.0 Å². The van der Waals surface area contributed by atoms with Gasteiger partial charge in [0.25, 0.3) is 0 Å². The van der Waals surface area contributed by atoms with Gasteiger partial charge in [-0.05, 0) is 12.0 Å². The number of hydrogen-bond donors (Lipinski definition) is 0. The molecule has 1 aliphatic heterocycles. The number of cyclic esters (lactones) is 1. The third-order valence-electron chi connectivity index (χ3n) is 3.26. The molecule has 0 aromatic heterocycles. The minimum Gasteiger partial charge on any atom is -0.447 e. The Labute approximate surface area is 112 Å². The average molecular weight is 259 g/mol. The molecule has 19 heavy (non-hydrogen) atoms. The first-order valence-corrected chi connectivity index (χ1v) is 6.29. The summed E-state index contributed by atoms with van der Waals surface area (Å²) >= 11 is 0. The summed E-state index contributed by atoms with van der Waals surface area (Å²) in [5.74, 6) is -0.637. The molecule has 0 bridgehead atoms. The first-order valence-electron chi connectivity index (χ1n) is 6.29. The van der Waals surface area contributed by atoms with Gasteiger partial charge >= 0.3 is 6.09 Å². The number of amides is 2.